The van der Waals surface area contributed by atoms with Crippen molar-refractivity contribution in [2.75, 3.05) is 19.8 Å². The molecule has 0 saturated heterocycles. The summed E-state index contributed by atoms with van der Waals surface area (Å²) in [6.45, 7) is 1.64. The van der Waals surface area contributed by atoms with Gasteiger partial charge in [-0.05, 0) is 51.4 Å². The van der Waals surface area contributed by atoms with Gasteiger partial charge in [-0.25, -0.2) is 0 Å². The van der Waals surface area contributed by atoms with E-state index in [0.29, 0.717) is 19.3 Å². The second-order valence-corrected chi connectivity index (χ2v) is 14.4. The zero-order valence-corrected chi connectivity index (χ0v) is 31.3. The van der Waals surface area contributed by atoms with Crippen LogP contribution in [0.4, 0.5) is 0 Å². The first-order chi connectivity index (χ1) is 23.4. The summed E-state index contributed by atoms with van der Waals surface area (Å²) in [7, 11) is 0. The monoisotopic (exact) mass is 683 g/mol. The lowest BCUT2D eigenvalue weighted by atomic mass is 9.73. The molecule has 48 heavy (non-hydrogen) atoms. The first-order valence-electron chi connectivity index (χ1n) is 20.4. The Bertz CT molecular complexity index is 740. The predicted molar refractivity (Wildman–Crippen MR) is 199 cm³/mol. The number of allylic oxidation sites excluding steroid dienone is 2. The second kappa shape index (κ2) is 35.4. The Morgan fingerprint density at radius 3 is 1.40 bits per heavy atom. The van der Waals surface area contributed by atoms with Crippen LogP contribution < -0.4 is 0 Å². The number of unbranched alkanes of at least 4 members (excludes halogenated alkanes) is 24. The van der Waals surface area contributed by atoms with Crippen molar-refractivity contribution in [1.82, 2.24) is 0 Å². The lowest BCUT2D eigenvalue weighted by Crippen LogP contribution is -2.38. The molecule has 7 heteroatoms. The standard InChI is InChI=1S/C41H78O7/c1-2-3-4-5-6-7-8-9-14-17-20-23-26-29-32-41(36-38(44)37-43,40(47)48-35-34-42)33-30-27-24-21-18-15-12-10-11-13-16-19-22-25-28-31-39(45)46/h9,14,38,42-44H,2-8,10-13,15-37H2,1H3,(H,45,46). The molecule has 0 saturated carbocycles. The summed E-state index contributed by atoms with van der Waals surface area (Å²) in [5.41, 5.74) is -0.813. The summed E-state index contributed by atoms with van der Waals surface area (Å²) in [6.07, 6.45) is 37.4. The molecule has 0 aromatic carbocycles. The fraction of sp³-hybridized carbons (Fsp3) is 0.902. The quantitative estimate of drug-likeness (QED) is 0.0290. The number of carboxylic acid groups (broad SMARTS) is 1. The predicted octanol–water partition coefficient (Wildman–Crippen LogP) is 10.6. The molecule has 0 rings (SSSR count). The molecule has 284 valence electrons. The number of hydrogen-bond donors (Lipinski definition) is 4. The molecule has 0 spiro atoms. The van der Waals surface area contributed by atoms with Gasteiger partial charge in [0.15, 0.2) is 0 Å². The van der Waals surface area contributed by atoms with Crippen LogP contribution >= 0.6 is 0 Å². The van der Waals surface area contributed by atoms with Gasteiger partial charge in [0, 0.05) is 6.42 Å². The lowest BCUT2D eigenvalue weighted by molar-refractivity contribution is -0.161. The van der Waals surface area contributed by atoms with E-state index in [9.17, 15) is 24.9 Å². The minimum atomic E-state index is -0.952. The Morgan fingerprint density at radius 1 is 0.604 bits per heavy atom. The minimum absolute atomic E-state index is 0.0323. The van der Waals surface area contributed by atoms with Gasteiger partial charge >= 0.3 is 11.9 Å². The maximum Gasteiger partial charge on any atom is 0.312 e. The molecule has 2 unspecified atom stereocenters. The van der Waals surface area contributed by atoms with Crippen LogP contribution in [-0.2, 0) is 14.3 Å². The van der Waals surface area contributed by atoms with E-state index >= 15 is 0 Å². The molecular formula is C41H78O7. The molecule has 0 radical (unpaired) electrons. The first kappa shape index (κ1) is 46.6. The Balaban J connectivity index is 4.32. The van der Waals surface area contributed by atoms with Gasteiger partial charge in [0.2, 0.25) is 0 Å². The van der Waals surface area contributed by atoms with E-state index in [1.807, 2.05) is 0 Å². The average molecular weight is 683 g/mol. The third-order valence-corrected chi connectivity index (χ3v) is 9.81. The minimum Gasteiger partial charge on any atom is -0.481 e. The van der Waals surface area contributed by atoms with E-state index in [4.69, 9.17) is 9.84 Å². The van der Waals surface area contributed by atoms with Gasteiger partial charge in [-0.15, -0.1) is 0 Å². The van der Waals surface area contributed by atoms with Crippen LogP contribution in [-0.4, -0.2) is 58.3 Å². The van der Waals surface area contributed by atoms with E-state index in [2.05, 4.69) is 19.1 Å². The molecule has 0 aromatic rings. The summed E-state index contributed by atoms with van der Waals surface area (Å²) in [4.78, 5) is 23.8. The van der Waals surface area contributed by atoms with Crippen LogP contribution in [0.5, 0.6) is 0 Å². The van der Waals surface area contributed by atoms with Crippen molar-refractivity contribution in [1.29, 1.82) is 0 Å². The van der Waals surface area contributed by atoms with Crippen molar-refractivity contribution in [3.05, 3.63) is 12.2 Å². The van der Waals surface area contributed by atoms with Crippen LogP contribution in [0.2, 0.25) is 0 Å². The van der Waals surface area contributed by atoms with Gasteiger partial charge in [-0.2, -0.15) is 0 Å². The largest absolute Gasteiger partial charge is 0.481 e. The fourth-order valence-electron chi connectivity index (χ4n) is 6.82. The Morgan fingerprint density at radius 2 is 1.00 bits per heavy atom. The van der Waals surface area contributed by atoms with Gasteiger partial charge in [0.05, 0.1) is 24.7 Å². The maximum atomic E-state index is 13.3. The van der Waals surface area contributed by atoms with Crippen molar-refractivity contribution in [2.45, 2.75) is 212 Å². The van der Waals surface area contributed by atoms with Crippen LogP contribution in [0, 0.1) is 5.41 Å². The highest BCUT2D eigenvalue weighted by atomic mass is 16.5. The van der Waals surface area contributed by atoms with Crippen molar-refractivity contribution in [2.24, 2.45) is 5.41 Å². The SMILES string of the molecule is CCCCCCCCC=CCCCCCCC(CCCCCCCCCCCCCCCCCC(=O)O)(CC(O)CO)C(=O)OCCO. The van der Waals surface area contributed by atoms with Crippen molar-refractivity contribution < 1.29 is 34.8 Å². The van der Waals surface area contributed by atoms with Gasteiger partial charge in [-0.3, -0.25) is 9.59 Å². The van der Waals surface area contributed by atoms with Gasteiger partial charge in [-0.1, -0.05) is 160 Å². The first-order valence-corrected chi connectivity index (χ1v) is 20.4. The Hall–Kier alpha value is -1.44. The van der Waals surface area contributed by atoms with E-state index < -0.39 is 17.5 Å². The average Bonchev–Trinajstić information content (AvgIpc) is 3.08. The van der Waals surface area contributed by atoms with Gasteiger partial charge in [0.1, 0.15) is 6.61 Å². The van der Waals surface area contributed by atoms with Crippen LogP contribution in [0.25, 0.3) is 0 Å². The van der Waals surface area contributed by atoms with Crippen molar-refractivity contribution in [3.63, 3.8) is 0 Å². The van der Waals surface area contributed by atoms with Crippen LogP contribution in [0.15, 0.2) is 12.2 Å². The molecule has 0 aromatic heterocycles. The molecule has 0 aliphatic carbocycles. The summed E-state index contributed by atoms with van der Waals surface area (Å²) in [6, 6.07) is 0. The summed E-state index contributed by atoms with van der Waals surface area (Å²) >= 11 is 0. The Labute approximate surface area is 295 Å². The lowest BCUT2D eigenvalue weighted by Gasteiger charge is -2.33. The highest BCUT2D eigenvalue weighted by Crippen LogP contribution is 2.38. The van der Waals surface area contributed by atoms with Gasteiger partial charge in [0.25, 0.3) is 0 Å². The molecule has 0 amide bonds. The number of esters is 1. The zero-order valence-electron chi connectivity index (χ0n) is 31.3. The van der Waals surface area contributed by atoms with Crippen LogP contribution in [0.1, 0.15) is 206 Å². The van der Waals surface area contributed by atoms with Gasteiger partial charge < -0.3 is 25.2 Å². The maximum absolute atomic E-state index is 13.3. The van der Waals surface area contributed by atoms with Crippen molar-refractivity contribution >= 4 is 11.9 Å². The molecule has 4 N–H and O–H groups in total. The second-order valence-electron chi connectivity index (χ2n) is 14.4. The number of carbonyl (C=O) groups is 2. The highest BCUT2D eigenvalue weighted by Gasteiger charge is 2.40. The number of ether oxygens (including phenoxy) is 1. The molecule has 2 atom stereocenters. The highest BCUT2D eigenvalue weighted by molar-refractivity contribution is 5.77. The topological polar surface area (TPSA) is 124 Å². The van der Waals surface area contributed by atoms with E-state index in [1.54, 1.807) is 0 Å². The number of aliphatic hydroxyl groups excluding tert-OH is 3. The third kappa shape index (κ3) is 29.5. The zero-order chi connectivity index (χ0) is 35.4. The van der Waals surface area contributed by atoms with E-state index in [0.717, 1.165) is 70.6 Å². The number of aliphatic hydroxyl groups is 3. The number of carboxylic acids is 1. The number of hydrogen-bond acceptors (Lipinski definition) is 6. The molecular weight excluding hydrogens is 604 g/mol. The van der Waals surface area contributed by atoms with E-state index in [1.165, 1.54) is 103 Å². The molecule has 0 heterocycles. The van der Waals surface area contributed by atoms with Crippen molar-refractivity contribution in [3.8, 4) is 0 Å². The molecule has 0 bridgehead atoms. The fourth-order valence-corrected chi connectivity index (χ4v) is 6.82. The normalized spacial score (nSPS) is 13.6. The van der Waals surface area contributed by atoms with Crippen LogP contribution in [0.3, 0.4) is 0 Å². The number of rotatable bonds is 38. The molecule has 0 aliphatic heterocycles. The van der Waals surface area contributed by atoms with E-state index in [-0.39, 0.29) is 32.2 Å². The Kier molecular flexibility index (Phi) is 34.3. The third-order valence-electron chi connectivity index (χ3n) is 9.81. The number of aliphatic carboxylic acids is 1. The summed E-state index contributed by atoms with van der Waals surface area (Å²) in [5.74, 6) is -1.02. The number of carbonyl (C=O) groups excluding carboxylic acids is 1. The summed E-state index contributed by atoms with van der Waals surface area (Å²) < 4.78 is 5.45. The summed E-state index contributed by atoms with van der Waals surface area (Å²) in [5, 5.41) is 38.0. The molecule has 0 fully saturated rings. The molecule has 7 nitrogen and oxygen atoms in total. The molecule has 0 aliphatic rings. The smallest absolute Gasteiger partial charge is 0.312 e.